The van der Waals surface area contributed by atoms with Crippen LogP contribution < -0.4 is 5.73 Å². The highest BCUT2D eigenvalue weighted by atomic mass is 32.2. The maximum Gasteiger partial charge on any atom is 0.104 e. The lowest BCUT2D eigenvalue weighted by atomic mass is 10.4. The molecule has 1 unspecified atom stereocenters. The van der Waals surface area contributed by atoms with Gasteiger partial charge < -0.3 is 5.73 Å². The van der Waals surface area contributed by atoms with Crippen LogP contribution in [0.3, 0.4) is 0 Å². The van der Waals surface area contributed by atoms with Crippen LogP contribution >= 0.6 is 11.8 Å². The number of nitrogens with zero attached hydrogens (tertiary/aromatic N) is 1. The van der Waals surface area contributed by atoms with Crippen molar-refractivity contribution in [3.05, 3.63) is 24.5 Å². The first kappa shape index (κ1) is 9.06. The average molecular weight is 181 g/mol. The molecule has 1 rings (SSSR count). The van der Waals surface area contributed by atoms with E-state index in [0.717, 1.165) is 4.90 Å². The number of aromatic nitrogens is 1. The van der Waals surface area contributed by atoms with Crippen molar-refractivity contribution >= 4 is 17.6 Å². The van der Waals surface area contributed by atoms with E-state index in [1.54, 1.807) is 24.2 Å². The number of nitrogens with two attached hydrogens (primary N) is 1. The summed E-state index contributed by atoms with van der Waals surface area (Å²) in [4.78, 5) is 4.99. The summed E-state index contributed by atoms with van der Waals surface area (Å²) in [6, 6.07) is 3.81. The van der Waals surface area contributed by atoms with Crippen molar-refractivity contribution in [1.82, 2.24) is 4.98 Å². The van der Waals surface area contributed by atoms with Crippen LogP contribution in [0.25, 0.3) is 0 Å². The van der Waals surface area contributed by atoms with Crippen LogP contribution in [-0.2, 0) is 0 Å². The number of pyridine rings is 1. The van der Waals surface area contributed by atoms with Gasteiger partial charge in [0.05, 0.1) is 5.25 Å². The molecule has 0 aromatic carbocycles. The molecule has 64 valence electrons. The van der Waals surface area contributed by atoms with E-state index in [1.807, 2.05) is 19.1 Å². The number of hydrogen-bond acceptors (Lipinski definition) is 3. The van der Waals surface area contributed by atoms with Gasteiger partial charge in [-0.2, -0.15) is 0 Å². The highest BCUT2D eigenvalue weighted by Gasteiger charge is 2.05. The van der Waals surface area contributed by atoms with Crippen LogP contribution in [0.2, 0.25) is 0 Å². The third-order valence-electron chi connectivity index (χ3n) is 1.40. The minimum Gasteiger partial charge on any atom is -0.387 e. The summed E-state index contributed by atoms with van der Waals surface area (Å²) in [5, 5.41) is 7.23. The van der Waals surface area contributed by atoms with E-state index in [1.165, 1.54) is 0 Å². The topological polar surface area (TPSA) is 62.8 Å². The minimum absolute atomic E-state index is 0.0346. The maximum absolute atomic E-state index is 7.19. The molecule has 0 saturated heterocycles. The lowest BCUT2D eigenvalue weighted by Gasteiger charge is -2.07. The van der Waals surface area contributed by atoms with E-state index in [9.17, 15) is 0 Å². The number of thioether (sulfide) groups is 1. The molecular weight excluding hydrogens is 170 g/mol. The Kier molecular flexibility index (Phi) is 3.10. The van der Waals surface area contributed by atoms with Crippen LogP contribution in [0.15, 0.2) is 29.4 Å². The molecule has 0 radical (unpaired) electrons. The van der Waals surface area contributed by atoms with Gasteiger partial charge in [-0.15, -0.1) is 11.8 Å². The van der Waals surface area contributed by atoms with Gasteiger partial charge in [0, 0.05) is 17.3 Å². The molecule has 1 atom stereocenters. The molecule has 4 heteroatoms. The van der Waals surface area contributed by atoms with E-state index >= 15 is 0 Å². The van der Waals surface area contributed by atoms with Crippen LogP contribution in [-0.4, -0.2) is 16.1 Å². The van der Waals surface area contributed by atoms with Crippen LogP contribution in [0.4, 0.5) is 0 Å². The van der Waals surface area contributed by atoms with Crippen LogP contribution in [0, 0.1) is 5.41 Å². The maximum atomic E-state index is 7.19. The van der Waals surface area contributed by atoms with E-state index in [-0.39, 0.29) is 11.1 Å². The van der Waals surface area contributed by atoms with E-state index in [0.29, 0.717) is 0 Å². The first-order valence-corrected chi connectivity index (χ1v) is 4.48. The Morgan fingerprint density at radius 3 is 2.67 bits per heavy atom. The molecule has 0 spiro atoms. The van der Waals surface area contributed by atoms with Crippen molar-refractivity contribution in [2.45, 2.75) is 17.1 Å². The van der Waals surface area contributed by atoms with Gasteiger partial charge in [-0.1, -0.05) is 0 Å². The third-order valence-corrected chi connectivity index (χ3v) is 2.55. The molecule has 1 aromatic heterocycles. The molecule has 0 saturated carbocycles. The summed E-state index contributed by atoms with van der Waals surface area (Å²) >= 11 is 1.56. The Morgan fingerprint density at radius 2 is 2.17 bits per heavy atom. The standard InChI is InChI=1S/C8H11N3S/c1-6(8(9)10)12-7-2-4-11-5-3-7/h2-6H,1H3,(H3,9,10). The van der Waals surface area contributed by atoms with Gasteiger partial charge in [-0.3, -0.25) is 10.4 Å². The van der Waals surface area contributed by atoms with Crippen molar-refractivity contribution in [3.63, 3.8) is 0 Å². The molecular formula is C8H11N3S. The Bertz CT molecular complexity index is 260. The number of rotatable bonds is 3. The Hall–Kier alpha value is -1.03. The molecule has 0 bridgehead atoms. The molecule has 1 heterocycles. The van der Waals surface area contributed by atoms with Gasteiger partial charge in [-0.25, -0.2) is 0 Å². The number of hydrogen-bond donors (Lipinski definition) is 2. The van der Waals surface area contributed by atoms with E-state index < -0.39 is 0 Å². The normalized spacial score (nSPS) is 12.4. The first-order valence-electron chi connectivity index (χ1n) is 3.60. The lowest BCUT2D eigenvalue weighted by Crippen LogP contribution is -2.21. The van der Waals surface area contributed by atoms with Crippen LogP contribution in [0.1, 0.15) is 6.92 Å². The van der Waals surface area contributed by atoms with Gasteiger partial charge in [0.1, 0.15) is 5.84 Å². The average Bonchev–Trinajstić information content (AvgIpc) is 2.06. The fraction of sp³-hybridized carbons (Fsp3) is 0.250. The second kappa shape index (κ2) is 4.11. The monoisotopic (exact) mass is 181 g/mol. The second-order valence-electron chi connectivity index (χ2n) is 2.40. The summed E-state index contributed by atoms with van der Waals surface area (Å²) in [5.41, 5.74) is 5.33. The van der Waals surface area contributed by atoms with Gasteiger partial charge in [0.15, 0.2) is 0 Å². The summed E-state index contributed by atoms with van der Waals surface area (Å²) in [6.07, 6.45) is 3.46. The Balaban J connectivity index is 2.58. The minimum atomic E-state index is 0.0346. The summed E-state index contributed by atoms with van der Waals surface area (Å²) < 4.78 is 0. The summed E-state index contributed by atoms with van der Waals surface area (Å²) in [6.45, 7) is 1.91. The lowest BCUT2D eigenvalue weighted by molar-refractivity contribution is 1.21. The molecule has 1 aromatic rings. The molecule has 3 nitrogen and oxygen atoms in total. The summed E-state index contributed by atoms with van der Waals surface area (Å²) in [7, 11) is 0. The largest absolute Gasteiger partial charge is 0.387 e. The Labute approximate surface area is 75.9 Å². The fourth-order valence-electron chi connectivity index (χ4n) is 0.684. The number of amidine groups is 1. The molecule has 0 aliphatic heterocycles. The van der Waals surface area contributed by atoms with Gasteiger partial charge in [-0.05, 0) is 19.1 Å². The van der Waals surface area contributed by atoms with Gasteiger partial charge >= 0.3 is 0 Å². The SMILES string of the molecule is CC(Sc1ccncc1)C(=N)N. The van der Waals surface area contributed by atoms with Crippen molar-refractivity contribution in [1.29, 1.82) is 5.41 Å². The van der Waals surface area contributed by atoms with Gasteiger partial charge in [0.25, 0.3) is 0 Å². The molecule has 12 heavy (non-hydrogen) atoms. The zero-order valence-electron chi connectivity index (χ0n) is 6.82. The van der Waals surface area contributed by atoms with Gasteiger partial charge in [0.2, 0.25) is 0 Å². The van der Waals surface area contributed by atoms with Crippen molar-refractivity contribution in [3.8, 4) is 0 Å². The highest BCUT2D eigenvalue weighted by molar-refractivity contribution is 8.00. The van der Waals surface area contributed by atoms with Crippen molar-refractivity contribution in [2.75, 3.05) is 0 Å². The van der Waals surface area contributed by atoms with Crippen molar-refractivity contribution < 1.29 is 0 Å². The van der Waals surface area contributed by atoms with E-state index in [4.69, 9.17) is 11.1 Å². The molecule has 3 N–H and O–H groups in total. The molecule has 0 amide bonds. The van der Waals surface area contributed by atoms with E-state index in [2.05, 4.69) is 4.98 Å². The fourth-order valence-corrected chi connectivity index (χ4v) is 1.50. The molecule has 0 aliphatic rings. The zero-order chi connectivity index (χ0) is 8.97. The van der Waals surface area contributed by atoms with Crippen LogP contribution in [0.5, 0.6) is 0 Å². The zero-order valence-corrected chi connectivity index (χ0v) is 7.64. The number of nitrogens with one attached hydrogen (secondary N) is 1. The first-order chi connectivity index (χ1) is 5.70. The predicted octanol–water partition coefficient (Wildman–Crippen LogP) is 1.50. The van der Waals surface area contributed by atoms with Crippen molar-refractivity contribution in [2.24, 2.45) is 5.73 Å². The summed E-state index contributed by atoms with van der Waals surface area (Å²) in [5.74, 6) is 0.205. The smallest absolute Gasteiger partial charge is 0.104 e. The molecule has 0 fully saturated rings. The predicted molar refractivity (Wildman–Crippen MR) is 51.5 cm³/mol. The molecule has 0 aliphatic carbocycles. The second-order valence-corrected chi connectivity index (χ2v) is 3.81. The highest BCUT2D eigenvalue weighted by Crippen LogP contribution is 2.21. The quantitative estimate of drug-likeness (QED) is 0.422. The third kappa shape index (κ3) is 2.54. The Morgan fingerprint density at radius 1 is 1.58 bits per heavy atom.